The van der Waals surface area contributed by atoms with Gasteiger partial charge >= 0.3 is 12.0 Å². The monoisotopic (exact) mass is 299 g/mol. The van der Waals surface area contributed by atoms with E-state index in [1.54, 1.807) is 19.0 Å². The van der Waals surface area contributed by atoms with Crippen LogP contribution in [0.25, 0.3) is 0 Å². The van der Waals surface area contributed by atoms with E-state index in [2.05, 4.69) is 0 Å². The molecule has 0 aliphatic carbocycles. The van der Waals surface area contributed by atoms with Gasteiger partial charge in [-0.2, -0.15) is 0 Å². The molecule has 7 nitrogen and oxygen atoms in total. The first kappa shape index (κ1) is 17.3. The van der Waals surface area contributed by atoms with Crippen molar-refractivity contribution in [3.05, 3.63) is 0 Å². The lowest BCUT2D eigenvalue weighted by Gasteiger charge is -2.27. The summed E-state index contributed by atoms with van der Waals surface area (Å²) in [5.41, 5.74) is 0. The first-order valence-electron chi connectivity index (χ1n) is 7.31. The predicted octanol–water partition coefficient (Wildman–Crippen LogP) is 0.703. The van der Waals surface area contributed by atoms with Crippen LogP contribution in [0.15, 0.2) is 0 Å². The molecule has 0 spiro atoms. The second-order valence-corrected chi connectivity index (χ2v) is 5.62. The Balaban J connectivity index is 2.50. The number of carbonyl (C=O) groups is 3. The van der Waals surface area contributed by atoms with Crippen LogP contribution in [0.4, 0.5) is 4.79 Å². The van der Waals surface area contributed by atoms with Gasteiger partial charge < -0.3 is 19.8 Å². The van der Waals surface area contributed by atoms with Gasteiger partial charge in [-0.15, -0.1) is 0 Å². The van der Waals surface area contributed by atoms with Gasteiger partial charge in [-0.25, -0.2) is 4.79 Å². The summed E-state index contributed by atoms with van der Waals surface area (Å²) in [5.74, 6) is -0.660. The Morgan fingerprint density at radius 2 is 1.95 bits per heavy atom. The summed E-state index contributed by atoms with van der Waals surface area (Å²) in [4.78, 5) is 39.4. The molecular formula is C14H25N3O4. The van der Waals surface area contributed by atoms with Crippen molar-refractivity contribution in [2.24, 2.45) is 5.92 Å². The van der Waals surface area contributed by atoms with Crippen LogP contribution in [0, 0.1) is 5.92 Å². The van der Waals surface area contributed by atoms with Gasteiger partial charge in [0.25, 0.3) is 0 Å². The van der Waals surface area contributed by atoms with E-state index < -0.39 is 5.97 Å². The van der Waals surface area contributed by atoms with E-state index in [0.29, 0.717) is 26.1 Å². The number of urea groups is 1. The molecule has 7 heteroatoms. The lowest BCUT2D eigenvalue weighted by molar-refractivity contribution is -0.137. The molecule has 1 atom stereocenters. The Morgan fingerprint density at radius 3 is 2.48 bits per heavy atom. The van der Waals surface area contributed by atoms with E-state index in [4.69, 9.17) is 5.11 Å². The first-order chi connectivity index (χ1) is 9.85. The Hall–Kier alpha value is -1.79. The third-order valence-corrected chi connectivity index (χ3v) is 3.80. The van der Waals surface area contributed by atoms with Crippen molar-refractivity contribution in [1.29, 1.82) is 0 Å². The zero-order valence-corrected chi connectivity index (χ0v) is 13.0. The van der Waals surface area contributed by atoms with Crippen molar-refractivity contribution in [3.8, 4) is 0 Å². The number of carbonyl (C=O) groups excluding carboxylic acids is 2. The topological polar surface area (TPSA) is 81.2 Å². The summed E-state index contributed by atoms with van der Waals surface area (Å²) in [7, 11) is 3.33. The zero-order chi connectivity index (χ0) is 16.0. The first-order valence-corrected chi connectivity index (χ1v) is 7.31. The van der Waals surface area contributed by atoms with Gasteiger partial charge in [-0.3, -0.25) is 9.59 Å². The second kappa shape index (κ2) is 7.85. The van der Waals surface area contributed by atoms with Crippen molar-refractivity contribution >= 4 is 17.9 Å². The molecule has 0 bridgehead atoms. The summed E-state index contributed by atoms with van der Waals surface area (Å²) in [6, 6.07) is -0.134. The maximum atomic E-state index is 12.4. The molecule has 1 heterocycles. The van der Waals surface area contributed by atoms with Gasteiger partial charge in [0.05, 0.1) is 0 Å². The number of likely N-dealkylation sites (tertiary alicyclic amines) is 1. The van der Waals surface area contributed by atoms with Gasteiger partial charge in [-0.05, 0) is 25.7 Å². The third kappa shape index (κ3) is 5.24. The molecule has 0 aromatic carbocycles. The summed E-state index contributed by atoms with van der Waals surface area (Å²) in [6.45, 7) is 3.63. The Bertz CT molecular complexity index is 398. The predicted molar refractivity (Wildman–Crippen MR) is 77.9 cm³/mol. The fourth-order valence-electron chi connectivity index (χ4n) is 2.39. The molecule has 0 saturated carbocycles. The fraction of sp³-hybridized carbons (Fsp3) is 0.786. The van der Waals surface area contributed by atoms with E-state index in [1.807, 2.05) is 6.92 Å². The highest BCUT2D eigenvalue weighted by Crippen LogP contribution is 2.22. The average molecular weight is 299 g/mol. The van der Waals surface area contributed by atoms with Crippen LogP contribution >= 0.6 is 0 Å². The van der Waals surface area contributed by atoms with Crippen LogP contribution in [-0.4, -0.2) is 78.0 Å². The standard InChI is InChI=1S/C14H25N3O4/c1-4-16(10-12(18)15(2)3)14(21)17-8-7-11(9-17)5-6-13(19)20/h11H,4-10H2,1-3H3,(H,19,20). The fourth-order valence-corrected chi connectivity index (χ4v) is 2.39. The normalized spacial score (nSPS) is 17.7. The number of rotatable bonds is 6. The molecule has 1 rings (SSSR count). The van der Waals surface area contributed by atoms with Gasteiger partial charge in [0, 0.05) is 40.2 Å². The number of nitrogens with zero attached hydrogens (tertiary/aromatic N) is 3. The van der Waals surface area contributed by atoms with E-state index in [1.165, 1.54) is 9.80 Å². The van der Waals surface area contributed by atoms with Gasteiger partial charge in [0.15, 0.2) is 0 Å². The summed E-state index contributed by atoms with van der Waals surface area (Å²) in [6.07, 6.45) is 1.57. The van der Waals surface area contributed by atoms with E-state index in [0.717, 1.165) is 6.42 Å². The van der Waals surface area contributed by atoms with Crippen molar-refractivity contribution < 1.29 is 19.5 Å². The number of amides is 3. The number of hydrogen-bond donors (Lipinski definition) is 1. The molecule has 0 radical (unpaired) electrons. The second-order valence-electron chi connectivity index (χ2n) is 5.62. The molecule has 1 saturated heterocycles. The van der Waals surface area contributed by atoms with Crippen LogP contribution in [0.3, 0.4) is 0 Å². The molecular weight excluding hydrogens is 274 g/mol. The molecule has 1 fully saturated rings. The maximum absolute atomic E-state index is 12.4. The van der Waals surface area contributed by atoms with E-state index in [-0.39, 0.29) is 30.8 Å². The molecule has 1 unspecified atom stereocenters. The number of hydrogen-bond acceptors (Lipinski definition) is 3. The Morgan fingerprint density at radius 1 is 1.29 bits per heavy atom. The highest BCUT2D eigenvalue weighted by atomic mass is 16.4. The quantitative estimate of drug-likeness (QED) is 0.783. The molecule has 1 N–H and O–H groups in total. The summed E-state index contributed by atoms with van der Waals surface area (Å²) < 4.78 is 0. The molecule has 3 amide bonds. The Kier molecular flexibility index (Phi) is 6.45. The lowest BCUT2D eigenvalue weighted by atomic mass is 10.0. The molecule has 1 aliphatic heterocycles. The number of carboxylic acid groups (broad SMARTS) is 1. The van der Waals surface area contributed by atoms with Crippen LogP contribution in [0.2, 0.25) is 0 Å². The molecule has 0 aromatic rings. The van der Waals surface area contributed by atoms with Crippen molar-refractivity contribution in [2.75, 3.05) is 40.3 Å². The zero-order valence-electron chi connectivity index (χ0n) is 13.0. The molecule has 120 valence electrons. The van der Waals surface area contributed by atoms with E-state index in [9.17, 15) is 14.4 Å². The van der Waals surface area contributed by atoms with Crippen molar-refractivity contribution in [1.82, 2.24) is 14.7 Å². The van der Waals surface area contributed by atoms with Crippen LogP contribution in [-0.2, 0) is 9.59 Å². The van der Waals surface area contributed by atoms with Crippen molar-refractivity contribution in [3.63, 3.8) is 0 Å². The van der Waals surface area contributed by atoms with Gasteiger partial charge in [0.1, 0.15) is 6.54 Å². The van der Waals surface area contributed by atoms with Crippen LogP contribution in [0.1, 0.15) is 26.2 Å². The summed E-state index contributed by atoms with van der Waals surface area (Å²) in [5, 5.41) is 8.70. The number of likely N-dealkylation sites (N-methyl/N-ethyl adjacent to an activating group) is 2. The van der Waals surface area contributed by atoms with Gasteiger partial charge in [-0.1, -0.05) is 0 Å². The smallest absolute Gasteiger partial charge is 0.320 e. The Labute approximate surface area is 125 Å². The average Bonchev–Trinajstić information content (AvgIpc) is 2.90. The minimum Gasteiger partial charge on any atom is -0.481 e. The third-order valence-electron chi connectivity index (χ3n) is 3.80. The highest BCUT2D eigenvalue weighted by molar-refractivity contribution is 5.84. The van der Waals surface area contributed by atoms with Crippen molar-refractivity contribution in [2.45, 2.75) is 26.2 Å². The number of carboxylic acids is 1. The lowest BCUT2D eigenvalue weighted by Crippen LogP contribution is -2.46. The van der Waals surface area contributed by atoms with Crippen LogP contribution in [0.5, 0.6) is 0 Å². The maximum Gasteiger partial charge on any atom is 0.320 e. The van der Waals surface area contributed by atoms with E-state index >= 15 is 0 Å². The summed E-state index contributed by atoms with van der Waals surface area (Å²) >= 11 is 0. The SMILES string of the molecule is CCN(CC(=O)N(C)C)C(=O)N1CCC(CCC(=O)O)C1. The molecule has 1 aliphatic rings. The minimum absolute atomic E-state index is 0.0820. The van der Waals surface area contributed by atoms with Gasteiger partial charge in [0.2, 0.25) is 5.91 Å². The minimum atomic E-state index is -0.799. The number of aliphatic carboxylic acids is 1. The molecule has 21 heavy (non-hydrogen) atoms. The highest BCUT2D eigenvalue weighted by Gasteiger charge is 2.29. The largest absolute Gasteiger partial charge is 0.481 e. The van der Waals surface area contributed by atoms with Crippen LogP contribution < -0.4 is 0 Å². The molecule has 0 aromatic heterocycles.